The van der Waals surface area contributed by atoms with Gasteiger partial charge in [0, 0.05) is 5.70 Å². The van der Waals surface area contributed by atoms with E-state index in [0.717, 1.165) is 28.2 Å². The number of nitrogens with one attached hydrogen (secondary N) is 1. The summed E-state index contributed by atoms with van der Waals surface area (Å²) in [6.07, 6.45) is 2.18. The largest absolute Gasteiger partial charge is 0.325 e. The van der Waals surface area contributed by atoms with Gasteiger partial charge in [0.2, 0.25) is 5.95 Å². The fourth-order valence-electron chi connectivity index (χ4n) is 3.71. The Kier molecular flexibility index (Phi) is 3.57. The molecule has 0 saturated heterocycles. The number of anilines is 1. The SMILES string of the molecule is Cc1cccc([C@@H]2C=C(c3ccc(F)cc3)Nc3nc4ccccc4n32)c1. The van der Waals surface area contributed by atoms with Crippen molar-refractivity contribution in [2.75, 3.05) is 5.32 Å². The van der Waals surface area contributed by atoms with E-state index >= 15 is 0 Å². The molecule has 2 heterocycles. The van der Waals surface area contributed by atoms with E-state index in [2.05, 4.69) is 53.2 Å². The monoisotopic (exact) mass is 355 g/mol. The molecule has 3 aromatic carbocycles. The number of halogens is 1. The summed E-state index contributed by atoms with van der Waals surface area (Å²) < 4.78 is 15.6. The molecular formula is C23H18FN3. The van der Waals surface area contributed by atoms with Gasteiger partial charge in [0.1, 0.15) is 5.82 Å². The predicted molar refractivity (Wildman–Crippen MR) is 107 cm³/mol. The molecule has 5 rings (SSSR count). The Balaban J connectivity index is 1.72. The standard InChI is InChI=1S/C23H18FN3/c1-15-5-4-6-17(13-15)22-14-20(16-9-11-18(24)12-10-16)26-23-25-19-7-2-3-8-21(19)27(22)23/h2-14,22H,1H3,(H,25,26)/t22-/m0/s1. The molecule has 1 N–H and O–H groups in total. The molecule has 0 amide bonds. The van der Waals surface area contributed by atoms with Crippen molar-refractivity contribution in [3.05, 3.63) is 101 Å². The zero-order valence-electron chi connectivity index (χ0n) is 14.9. The molecule has 1 aliphatic rings. The molecular weight excluding hydrogens is 337 g/mol. The van der Waals surface area contributed by atoms with E-state index < -0.39 is 0 Å². The number of nitrogens with zero attached hydrogens (tertiary/aromatic N) is 2. The number of aromatic nitrogens is 2. The number of fused-ring (bicyclic) bond motifs is 3. The smallest absolute Gasteiger partial charge is 0.209 e. The molecule has 1 aromatic heterocycles. The third-order valence-electron chi connectivity index (χ3n) is 4.98. The van der Waals surface area contributed by atoms with E-state index in [4.69, 9.17) is 4.98 Å². The van der Waals surface area contributed by atoms with Crippen molar-refractivity contribution in [3.8, 4) is 0 Å². The van der Waals surface area contributed by atoms with Crippen LogP contribution < -0.4 is 5.32 Å². The van der Waals surface area contributed by atoms with E-state index in [9.17, 15) is 4.39 Å². The molecule has 0 radical (unpaired) electrons. The first-order valence-electron chi connectivity index (χ1n) is 8.97. The normalized spacial score (nSPS) is 15.9. The Hall–Kier alpha value is -3.40. The van der Waals surface area contributed by atoms with Crippen LogP contribution in [0.3, 0.4) is 0 Å². The third kappa shape index (κ3) is 2.70. The van der Waals surface area contributed by atoms with Crippen LogP contribution in [-0.4, -0.2) is 9.55 Å². The van der Waals surface area contributed by atoms with E-state index in [1.807, 2.05) is 18.2 Å². The number of aryl methyl sites for hydroxylation is 1. The highest BCUT2D eigenvalue weighted by molar-refractivity contribution is 5.85. The summed E-state index contributed by atoms with van der Waals surface area (Å²) in [4.78, 5) is 4.78. The Morgan fingerprint density at radius 2 is 1.78 bits per heavy atom. The second-order valence-corrected chi connectivity index (χ2v) is 6.87. The number of para-hydroxylation sites is 2. The number of imidazole rings is 1. The molecule has 0 spiro atoms. The first-order chi connectivity index (χ1) is 13.2. The van der Waals surface area contributed by atoms with Gasteiger partial charge in [-0.05, 0) is 60.5 Å². The lowest BCUT2D eigenvalue weighted by Crippen LogP contribution is -2.19. The number of hydrogen-bond acceptors (Lipinski definition) is 2. The molecule has 1 atom stereocenters. The van der Waals surface area contributed by atoms with Crippen molar-refractivity contribution in [1.29, 1.82) is 0 Å². The second kappa shape index (κ2) is 6.09. The fraction of sp³-hybridized carbons (Fsp3) is 0.0870. The van der Waals surface area contributed by atoms with Crippen molar-refractivity contribution in [3.63, 3.8) is 0 Å². The minimum Gasteiger partial charge on any atom is -0.325 e. The van der Waals surface area contributed by atoms with Gasteiger partial charge in [-0.2, -0.15) is 0 Å². The van der Waals surface area contributed by atoms with Gasteiger partial charge < -0.3 is 5.32 Å². The van der Waals surface area contributed by atoms with Gasteiger partial charge in [-0.3, -0.25) is 4.57 Å². The Morgan fingerprint density at radius 3 is 2.59 bits per heavy atom. The predicted octanol–water partition coefficient (Wildman–Crippen LogP) is 5.54. The third-order valence-corrected chi connectivity index (χ3v) is 4.98. The van der Waals surface area contributed by atoms with Crippen LogP contribution in [0.5, 0.6) is 0 Å². The van der Waals surface area contributed by atoms with Crippen LogP contribution in [0.4, 0.5) is 10.3 Å². The number of rotatable bonds is 2. The van der Waals surface area contributed by atoms with Gasteiger partial charge in [0.25, 0.3) is 0 Å². The first kappa shape index (κ1) is 15.8. The summed E-state index contributed by atoms with van der Waals surface area (Å²) in [6.45, 7) is 2.10. The highest BCUT2D eigenvalue weighted by atomic mass is 19.1. The fourth-order valence-corrected chi connectivity index (χ4v) is 3.71. The van der Waals surface area contributed by atoms with Gasteiger partial charge in [0.15, 0.2) is 0 Å². The first-order valence-corrected chi connectivity index (χ1v) is 8.97. The molecule has 4 heteroatoms. The maximum absolute atomic E-state index is 13.4. The summed E-state index contributed by atoms with van der Waals surface area (Å²) in [7, 11) is 0. The van der Waals surface area contributed by atoms with Gasteiger partial charge in [0.05, 0.1) is 17.1 Å². The molecule has 0 aliphatic carbocycles. The van der Waals surface area contributed by atoms with E-state index in [1.54, 1.807) is 12.1 Å². The topological polar surface area (TPSA) is 29.9 Å². The molecule has 0 bridgehead atoms. The molecule has 4 aromatic rings. The van der Waals surface area contributed by atoms with Crippen molar-refractivity contribution in [2.24, 2.45) is 0 Å². The zero-order chi connectivity index (χ0) is 18.4. The highest BCUT2D eigenvalue weighted by Gasteiger charge is 2.25. The van der Waals surface area contributed by atoms with Crippen molar-refractivity contribution in [2.45, 2.75) is 13.0 Å². The average Bonchev–Trinajstić information content (AvgIpc) is 3.06. The Labute approximate surface area is 156 Å². The van der Waals surface area contributed by atoms with Gasteiger partial charge in [-0.25, -0.2) is 9.37 Å². The van der Waals surface area contributed by atoms with Gasteiger partial charge >= 0.3 is 0 Å². The summed E-state index contributed by atoms with van der Waals surface area (Å²) in [5.41, 5.74) is 6.32. The maximum Gasteiger partial charge on any atom is 0.209 e. The average molecular weight is 355 g/mol. The molecule has 0 fully saturated rings. The van der Waals surface area contributed by atoms with E-state index in [0.29, 0.717) is 0 Å². The maximum atomic E-state index is 13.4. The lowest BCUT2D eigenvalue weighted by molar-refractivity contribution is 0.627. The van der Waals surface area contributed by atoms with E-state index in [-0.39, 0.29) is 11.9 Å². The summed E-state index contributed by atoms with van der Waals surface area (Å²) in [6, 6.07) is 23.2. The minimum absolute atomic E-state index is 0.00797. The molecule has 132 valence electrons. The Bertz CT molecular complexity index is 1170. The minimum atomic E-state index is -0.238. The lowest BCUT2D eigenvalue weighted by atomic mass is 9.99. The number of benzene rings is 3. The molecule has 1 aliphatic heterocycles. The molecule has 0 unspecified atom stereocenters. The lowest BCUT2D eigenvalue weighted by Gasteiger charge is -2.27. The van der Waals surface area contributed by atoms with Crippen LogP contribution in [0.25, 0.3) is 16.7 Å². The summed E-state index contributed by atoms with van der Waals surface area (Å²) >= 11 is 0. The van der Waals surface area contributed by atoms with Crippen molar-refractivity contribution in [1.82, 2.24) is 9.55 Å². The van der Waals surface area contributed by atoms with Gasteiger partial charge in [-0.15, -0.1) is 0 Å². The second-order valence-electron chi connectivity index (χ2n) is 6.87. The van der Waals surface area contributed by atoms with Gasteiger partial charge in [-0.1, -0.05) is 42.0 Å². The molecule has 3 nitrogen and oxygen atoms in total. The van der Waals surface area contributed by atoms with Crippen LogP contribution in [0, 0.1) is 12.7 Å². The zero-order valence-corrected chi connectivity index (χ0v) is 14.9. The summed E-state index contributed by atoms with van der Waals surface area (Å²) in [5.74, 6) is 0.558. The number of hydrogen-bond donors (Lipinski definition) is 1. The highest BCUT2D eigenvalue weighted by Crippen LogP contribution is 2.37. The molecule has 27 heavy (non-hydrogen) atoms. The summed E-state index contributed by atoms with van der Waals surface area (Å²) in [5, 5.41) is 3.43. The van der Waals surface area contributed by atoms with Crippen LogP contribution in [-0.2, 0) is 0 Å². The van der Waals surface area contributed by atoms with Crippen molar-refractivity contribution < 1.29 is 4.39 Å². The quantitative estimate of drug-likeness (QED) is 0.512. The van der Waals surface area contributed by atoms with Crippen LogP contribution in [0.1, 0.15) is 22.7 Å². The molecule has 0 saturated carbocycles. The Morgan fingerprint density at radius 1 is 0.963 bits per heavy atom. The number of allylic oxidation sites excluding steroid dienone is 1. The van der Waals surface area contributed by atoms with Crippen molar-refractivity contribution >= 4 is 22.7 Å². The van der Waals surface area contributed by atoms with Crippen LogP contribution >= 0.6 is 0 Å². The van der Waals surface area contributed by atoms with E-state index in [1.165, 1.54) is 23.3 Å². The van der Waals surface area contributed by atoms with Crippen LogP contribution in [0.2, 0.25) is 0 Å². The van der Waals surface area contributed by atoms with Crippen LogP contribution in [0.15, 0.2) is 78.9 Å².